The van der Waals surface area contributed by atoms with Crippen molar-refractivity contribution in [3.63, 3.8) is 0 Å². The largest absolute Gasteiger partial charge is 0.326 e. The highest BCUT2D eigenvalue weighted by molar-refractivity contribution is 6.08. The lowest BCUT2D eigenvalue weighted by Gasteiger charge is -2.63. The monoisotopic (exact) mass is 244 g/mol. The van der Waals surface area contributed by atoms with Crippen molar-refractivity contribution in [3.05, 3.63) is 12.2 Å². The van der Waals surface area contributed by atoms with Gasteiger partial charge in [-0.25, -0.2) is 4.79 Å². The third-order valence-electron chi connectivity index (χ3n) is 7.22. The Balaban J connectivity index is 1.80. The Labute approximate surface area is 106 Å². The molecule has 5 rings (SSSR count). The highest BCUT2D eigenvalue weighted by atomic mass is 16.2. The number of rotatable bonds is 0. The van der Waals surface area contributed by atoms with Gasteiger partial charge >= 0.3 is 6.03 Å². The van der Waals surface area contributed by atoms with Crippen molar-refractivity contribution in [1.82, 2.24) is 9.80 Å². The van der Waals surface area contributed by atoms with Gasteiger partial charge in [0.1, 0.15) is 0 Å². The zero-order valence-corrected chi connectivity index (χ0v) is 10.9. The third kappa shape index (κ3) is 0.433. The Morgan fingerprint density at radius 3 is 2.61 bits per heavy atom. The molecule has 5 fully saturated rings. The SMILES string of the molecule is C=C1C[C@@]23[C@H]4[C@@H]1[C@@H]1[C@@]4(C)[C@@]12C(=O)N(C)C(=O)N3C. The van der Waals surface area contributed by atoms with Crippen LogP contribution >= 0.6 is 0 Å². The molecule has 2 spiro atoms. The first-order valence-electron chi connectivity index (χ1n) is 6.62. The van der Waals surface area contributed by atoms with Crippen molar-refractivity contribution in [2.24, 2.45) is 28.6 Å². The second kappa shape index (κ2) is 1.95. The Kier molecular flexibility index (Phi) is 1.04. The van der Waals surface area contributed by atoms with Crippen LogP contribution in [0.2, 0.25) is 0 Å². The van der Waals surface area contributed by atoms with Gasteiger partial charge in [-0.3, -0.25) is 9.69 Å². The van der Waals surface area contributed by atoms with Gasteiger partial charge in [0.25, 0.3) is 0 Å². The molecule has 4 saturated carbocycles. The van der Waals surface area contributed by atoms with E-state index in [0.717, 1.165) is 6.42 Å². The molecule has 1 heterocycles. The molecule has 4 aliphatic carbocycles. The first-order chi connectivity index (χ1) is 8.38. The summed E-state index contributed by atoms with van der Waals surface area (Å²) in [6, 6.07) is -0.140. The van der Waals surface area contributed by atoms with E-state index in [9.17, 15) is 9.59 Å². The standard InChI is InChI=1S/C14H16N2O2/c1-6-5-13-8-7(6)9-12(8,2)14(9,13)10(17)15(3)11(18)16(13)4/h7-9H,1,5H2,2-4H3/t7-,8+,9-,12+,13-,14+/m1/s1. The molecule has 1 saturated heterocycles. The van der Waals surface area contributed by atoms with Crippen molar-refractivity contribution < 1.29 is 9.59 Å². The molecule has 94 valence electrons. The Morgan fingerprint density at radius 2 is 1.94 bits per heavy atom. The molecule has 0 aromatic rings. The molecule has 0 unspecified atom stereocenters. The van der Waals surface area contributed by atoms with Crippen LogP contribution in [0.4, 0.5) is 4.79 Å². The fourth-order valence-electron chi connectivity index (χ4n) is 6.97. The number of carbonyl (C=O) groups excluding carboxylic acids is 2. The first kappa shape index (κ1) is 9.59. The first-order valence-corrected chi connectivity index (χ1v) is 6.62. The summed E-state index contributed by atoms with van der Waals surface area (Å²) in [6.45, 7) is 6.43. The van der Waals surface area contributed by atoms with Crippen molar-refractivity contribution >= 4 is 11.9 Å². The van der Waals surface area contributed by atoms with Crippen LogP contribution in [0.1, 0.15) is 13.3 Å². The topological polar surface area (TPSA) is 40.6 Å². The van der Waals surface area contributed by atoms with Gasteiger partial charge in [0.15, 0.2) is 0 Å². The van der Waals surface area contributed by atoms with Gasteiger partial charge in [0.05, 0.1) is 11.0 Å². The number of hydrogen-bond acceptors (Lipinski definition) is 2. The van der Waals surface area contributed by atoms with Crippen molar-refractivity contribution in [1.29, 1.82) is 0 Å². The quantitative estimate of drug-likeness (QED) is 0.598. The van der Waals surface area contributed by atoms with Crippen LogP contribution in [0.5, 0.6) is 0 Å². The number of carbonyl (C=O) groups is 2. The van der Waals surface area contributed by atoms with E-state index in [0.29, 0.717) is 17.8 Å². The van der Waals surface area contributed by atoms with E-state index < -0.39 is 0 Å². The lowest BCUT2D eigenvalue weighted by atomic mass is 9.50. The van der Waals surface area contributed by atoms with E-state index in [1.54, 1.807) is 7.05 Å². The number of amides is 3. The van der Waals surface area contributed by atoms with E-state index in [4.69, 9.17) is 0 Å². The number of fused-ring (bicyclic) bond motifs is 1. The maximum atomic E-state index is 12.7. The molecule has 3 amide bonds. The summed E-state index contributed by atoms with van der Waals surface area (Å²) in [5, 5.41) is 0. The van der Waals surface area contributed by atoms with E-state index in [1.807, 2.05) is 11.9 Å². The molecule has 0 aromatic heterocycles. The van der Waals surface area contributed by atoms with Gasteiger partial charge in [0, 0.05) is 14.1 Å². The predicted octanol–water partition coefficient (Wildman–Crippen LogP) is 1.09. The summed E-state index contributed by atoms with van der Waals surface area (Å²) in [7, 11) is 3.50. The Morgan fingerprint density at radius 1 is 1.28 bits per heavy atom. The van der Waals surface area contributed by atoms with Gasteiger partial charge < -0.3 is 4.90 Å². The fraction of sp³-hybridized carbons (Fsp3) is 0.714. The van der Waals surface area contributed by atoms with E-state index >= 15 is 0 Å². The smallest absolute Gasteiger partial charge is 0.320 e. The summed E-state index contributed by atoms with van der Waals surface area (Å²) in [5.74, 6) is 1.53. The molecule has 1 aliphatic heterocycles. The Bertz CT molecular complexity index is 599. The second-order valence-electron chi connectivity index (χ2n) is 7.04. The van der Waals surface area contributed by atoms with Crippen molar-refractivity contribution in [2.75, 3.05) is 14.1 Å². The second-order valence-corrected chi connectivity index (χ2v) is 7.04. The van der Waals surface area contributed by atoms with E-state index in [2.05, 4.69) is 13.5 Å². The molecule has 5 aliphatic rings. The van der Waals surface area contributed by atoms with Gasteiger partial charge in [-0.2, -0.15) is 0 Å². The van der Waals surface area contributed by atoms with Gasteiger partial charge in [-0.1, -0.05) is 19.1 Å². The molecule has 0 radical (unpaired) electrons. The summed E-state index contributed by atoms with van der Waals surface area (Å²) in [4.78, 5) is 28.1. The summed E-state index contributed by atoms with van der Waals surface area (Å²) >= 11 is 0. The van der Waals surface area contributed by atoms with Crippen molar-refractivity contribution in [2.45, 2.75) is 18.9 Å². The van der Waals surface area contributed by atoms with Gasteiger partial charge in [-0.15, -0.1) is 0 Å². The summed E-state index contributed by atoms with van der Waals surface area (Å²) in [5.41, 5.74) is 0.966. The fourth-order valence-corrected chi connectivity index (χ4v) is 6.97. The zero-order chi connectivity index (χ0) is 12.8. The summed E-state index contributed by atoms with van der Waals surface area (Å²) < 4.78 is 0. The zero-order valence-electron chi connectivity index (χ0n) is 10.9. The number of imide groups is 1. The van der Waals surface area contributed by atoms with Gasteiger partial charge in [0.2, 0.25) is 5.91 Å². The van der Waals surface area contributed by atoms with Crippen LogP contribution in [0, 0.1) is 28.6 Å². The average molecular weight is 244 g/mol. The minimum Gasteiger partial charge on any atom is -0.320 e. The van der Waals surface area contributed by atoms with Crippen LogP contribution in [-0.4, -0.2) is 41.4 Å². The van der Waals surface area contributed by atoms with Crippen molar-refractivity contribution in [3.8, 4) is 0 Å². The highest BCUT2D eigenvalue weighted by Gasteiger charge is 3.10. The average Bonchev–Trinajstić information content (AvgIpc) is 2.65. The minimum absolute atomic E-state index is 0.0735. The van der Waals surface area contributed by atoms with Gasteiger partial charge in [-0.05, 0) is 29.6 Å². The maximum Gasteiger partial charge on any atom is 0.326 e. The summed E-state index contributed by atoms with van der Waals surface area (Å²) in [6.07, 6.45) is 0.843. The third-order valence-corrected chi connectivity index (χ3v) is 7.22. The molecule has 4 heteroatoms. The predicted molar refractivity (Wildman–Crippen MR) is 63.4 cm³/mol. The molecule has 0 bridgehead atoms. The Hall–Kier alpha value is -1.32. The minimum atomic E-state index is -0.256. The van der Waals surface area contributed by atoms with Crippen LogP contribution in [0.25, 0.3) is 0 Å². The molecular formula is C14H16N2O2. The maximum absolute atomic E-state index is 12.7. The van der Waals surface area contributed by atoms with Crippen LogP contribution < -0.4 is 0 Å². The molecule has 18 heavy (non-hydrogen) atoms. The lowest BCUT2D eigenvalue weighted by Crippen LogP contribution is -2.77. The molecule has 6 atom stereocenters. The number of urea groups is 1. The van der Waals surface area contributed by atoms with E-state index in [1.165, 1.54) is 10.5 Å². The van der Waals surface area contributed by atoms with Crippen LogP contribution in [0.15, 0.2) is 12.2 Å². The van der Waals surface area contributed by atoms with Crippen LogP contribution in [-0.2, 0) is 4.79 Å². The molecule has 4 nitrogen and oxygen atoms in total. The number of nitrogens with zero attached hydrogens (tertiary/aromatic N) is 2. The molecule has 0 aromatic carbocycles. The lowest BCUT2D eigenvalue weighted by molar-refractivity contribution is -0.173. The number of hydrogen-bond donors (Lipinski definition) is 0. The highest BCUT2D eigenvalue weighted by Crippen LogP contribution is 3.05. The normalized spacial score (nSPS) is 62.2. The van der Waals surface area contributed by atoms with E-state index in [-0.39, 0.29) is 28.3 Å². The van der Waals surface area contributed by atoms with Crippen LogP contribution in [0.3, 0.4) is 0 Å². The molecule has 0 N–H and O–H groups in total. The molecular weight excluding hydrogens is 228 g/mol.